The highest BCUT2D eigenvalue weighted by molar-refractivity contribution is 7.89. The van der Waals surface area contributed by atoms with Gasteiger partial charge in [0.25, 0.3) is 0 Å². The van der Waals surface area contributed by atoms with Gasteiger partial charge in [-0.15, -0.1) is 6.58 Å². The summed E-state index contributed by atoms with van der Waals surface area (Å²) in [6, 6.07) is 8.05. The average molecular weight is 613 g/mol. The van der Waals surface area contributed by atoms with Gasteiger partial charge >= 0.3 is 18.2 Å². The van der Waals surface area contributed by atoms with E-state index in [0.717, 1.165) is 5.56 Å². The molecule has 0 fully saturated rings. The molecular weight excluding hydrogens is 564 g/mol. The number of ether oxygens (including phenoxy) is 3. The second-order valence-corrected chi connectivity index (χ2v) is 20.8. The van der Waals surface area contributed by atoms with Gasteiger partial charge in [-0.3, -0.25) is 0 Å². The molecule has 0 aromatic heterocycles. The Balaban J connectivity index is 3.42. The predicted molar refractivity (Wildman–Crippen MR) is 163 cm³/mol. The molecule has 41 heavy (non-hydrogen) atoms. The maximum atomic E-state index is 13.5. The molecule has 0 unspecified atom stereocenters. The first-order valence-corrected chi connectivity index (χ1v) is 19.0. The number of carbonyl (C=O) groups excluding carboxylic acids is 3. The van der Waals surface area contributed by atoms with Crippen LogP contribution in [0.4, 0.5) is 9.59 Å². The van der Waals surface area contributed by atoms with E-state index in [9.17, 15) is 22.8 Å². The third-order valence-corrected chi connectivity index (χ3v) is 9.33. The molecular formula is C29H48N2O8SSi. The number of carbonyl (C=O) groups is 3. The molecule has 0 aliphatic carbocycles. The zero-order valence-corrected chi connectivity index (χ0v) is 27.8. The van der Waals surface area contributed by atoms with Crippen LogP contribution in [0.3, 0.4) is 0 Å². The number of hydrogen-bond donors (Lipinski definition) is 1. The highest BCUT2D eigenvalue weighted by Crippen LogP contribution is 2.23. The van der Waals surface area contributed by atoms with Crippen molar-refractivity contribution in [1.29, 1.82) is 0 Å². The molecule has 12 heteroatoms. The van der Waals surface area contributed by atoms with Crippen LogP contribution in [-0.2, 0) is 35.6 Å². The van der Waals surface area contributed by atoms with Crippen LogP contribution >= 0.6 is 0 Å². The second kappa shape index (κ2) is 14.9. The molecule has 1 aromatic carbocycles. The third kappa shape index (κ3) is 14.5. The largest absolute Gasteiger partial charge is 0.458 e. The fraction of sp³-hybridized carbons (Fsp3) is 0.621. The minimum atomic E-state index is -4.15. The highest BCUT2D eigenvalue weighted by atomic mass is 32.2. The lowest BCUT2D eigenvalue weighted by Gasteiger charge is -2.33. The van der Waals surface area contributed by atoms with Crippen molar-refractivity contribution < 1.29 is 37.0 Å². The normalized spacial score (nSPS) is 13.9. The molecule has 2 atom stereocenters. The lowest BCUT2D eigenvalue weighted by atomic mass is 9.95. The zero-order valence-electron chi connectivity index (χ0n) is 26.0. The summed E-state index contributed by atoms with van der Waals surface area (Å²) < 4.78 is 44.1. The van der Waals surface area contributed by atoms with E-state index in [4.69, 9.17) is 14.2 Å². The minimum Gasteiger partial charge on any atom is -0.458 e. The monoisotopic (exact) mass is 612 g/mol. The number of rotatable bonds is 13. The van der Waals surface area contributed by atoms with E-state index in [-0.39, 0.29) is 18.8 Å². The van der Waals surface area contributed by atoms with Crippen molar-refractivity contribution in [3.05, 3.63) is 48.6 Å². The number of hydrogen-bond acceptors (Lipinski definition) is 8. The van der Waals surface area contributed by atoms with Crippen molar-refractivity contribution in [2.24, 2.45) is 5.92 Å². The van der Waals surface area contributed by atoms with Crippen LogP contribution in [-0.4, -0.2) is 68.5 Å². The van der Waals surface area contributed by atoms with Crippen molar-refractivity contribution >= 4 is 36.3 Å². The van der Waals surface area contributed by atoms with E-state index in [0.29, 0.717) is 10.3 Å². The van der Waals surface area contributed by atoms with Crippen LogP contribution in [0.5, 0.6) is 0 Å². The molecule has 1 N–H and O–H groups in total. The van der Waals surface area contributed by atoms with Crippen LogP contribution in [0.1, 0.15) is 53.5 Å². The number of esters is 1. The summed E-state index contributed by atoms with van der Waals surface area (Å²) in [7, 11) is -5.94. The molecule has 0 aliphatic rings. The van der Waals surface area contributed by atoms with Crippen LogP contribution in [0.15, 0.2) is 43.0 Å². The van der Waals surface area contributed by atoms with E-state index in [1.54, 1.807) is 65.8 Å². The van der Waals surface area contributed by atoms with E-state index in [1.807, 2.05) is 25.7 Å². The molecule has 1 rings (SSSR count). The quantitative estimate of drug-likeness (QED) is 0.130. The standard InChI is InChI=1S/C29H48N2O8SSi/c1-11-15-23(20-31(27(34)39-29(5,6)7)40(35,36)18-19-41(8,9)10)24(25(32)38-28(2,3)4)30-26(33)37-21-22-16-13-12-14-17-22/h11-14,16-17,23-24H,1,15,18-21H2,2-10H3,(H,30,33)/t23-,24+/m1/s1. The van der Waals surface area contributed by atoms with Crippen LogP contribution < -0.4 is 5.32 Å². The second-order valence-electron chi connectivity index (χ2n) is 13.1. The van der Waals surface area contributed by atoms with Crippen molar-refractivity contribution in [2.45, 2.75) is 97.5 Å². The molecule has 232 valence electrons. The Labute approximate surface area is 246 Å². The van der Waals surface area contributed by atoms with Crippen molar-refractivity contribution in [2.75, 3.05) is 12.3 Å². The first-order chi connectivity index (χ1) is 18.6. The fourth-order valence-electron chi connectivity index (χ4n) is 3.53. The summed E-state index contributed by atoms with van der Waals surface area (Å²) in [5.74, 6) is -1.99. The summed E-state index contributed by atoms with van der Waals surface area (Å²) in [5.41, 5.74) is -1.14. The van der Waals surface area contributed by atoms with Gasteiger partial charge in [-0.2, -0.15) is 0 Å². The van der Waals surface area contributed by atoms with Crippen molar-refractivity contribution in [3.8, 4) is 0 Å². The van der Waals surface area contributed by atoms with Gasteiger partial charge in [0.15, 0.2) is 0 Å². The number of benzene rings is 1. The Bertz CT molecular complexity index is 1140. The average Bonchev–Trinajstić information content (AvgIpc) is 2.80. The molecule has 10 nitrogen and oxygen atoms in total. The summed E-state index contributed by atoms with van der Waals surface area (Å²) in [4.78, 5) is 39.5. The van der Waals surface area contributed by atoms with Crippen LogP contribution in [0, 0.1) is 5.92 Å². The molecule has 0 heterocycles. The Morgan fingerprint density at radius 3 is 2.05 bits per heavy atom. The van der Waals surface area contributed by atoms with E-state index < -0.39 is 66.0 Å². The molecule has 0 aliphatic heterocycles. The molecule has 0 saturated carbocycles. The first kappa shape index (κ1) is 36.2. The Morgan fingerprint density at radius 2 is 1.56 bits per heavy atom. The molecule has 0 saturated heterocycles. The maximum absolute atomic E-state index is 13.5. The lowest BCUT2D eigenvalue weighted by molar-refractivity contribution is -0.159. The van der Waals surface area contributed by atoms with Gasteiger partial charge in [0.2, 0.25) is 10.0 Å². The molecule has 2 amide bonds. The summed E-state index contributed by atoms with van der Waals surface area (Å²) in [6.45, 7) is 19.3. The molecule has 1 aromatic rings. The minimum absolute atomic E-state index is 0.0467. The maximum Gasteiger partial charge on any atom is 0.424 e. The van der Waals surface area contributed by atoms with Crippen molar-refractivity contribution in [1.82, 2.24) is 9.62 Å². The van der Waals surface area contributed by atoms with E-state index >= 15 is 0 Å². The smallest absolute Gasteiger partial charge is 0.424 e. The molecule has 0 bridgehead atoms. The van der Waals surface area contributed by atoms with E-state index in [2.05, 4.69) is 11.9 Å². The number of nitrogens with one attached hydrogen (secondary N) is 1. The number of alkyl carbamates (subject to hydrolysis) is 1. The zero-order chi connectivity index (χ0) is 31.6. The van der Waals surface area contributed by atoms with Gasteiger partial charge in [0, 0.05) is 20.5 Å². The lowest BCUT2D eigenvalue weighted by Crippen LogP contribution is -2.53. The van der Waals surface area contributed by atoms with Gasteiger partial charge in [0.1, 0.15) is 23.9 Å². The summed E-state index contributed by atoms with van der Waals surface area (Å²) in [6.07, 6.45) is -0.395. The van der Waals surface area contributed by atoms with Crippen molar-refractivity contribution in [3.63, 3.8) is 0 Å². The Hall–Kier alpha value is -2.86. The Kier molecular flexibility index (Phi) is 13.1. The number of sulfonamides is 1. The predicted octanol–water partition coefficient (Wildman–Crippen LogP) is 5.72. The van der Waals surface area contributed by atoms with Crippen LogP contribution in [0.2, 0.25) is 25.7 Å². The molecule has 0 radical (unpaired) electrons. The van der Waals surface area contributed by atoms with Gasteiger partial charge in [-0.05, 0) is 59.6 Å². The Morgan fingerprint density at radius 1 is 1.00 bits per heavy atom. The van der Waals surface area contributed by atoms with Gasteiger partial charge in [-0.1, -0.05) is 56.0 Å². The summed E-state index contributed by atoms with van der Waals surface area (Å²) in [5, 5.41) is 2.54. The van der Waals surface area contributed by atoms with E-state index in [1.165, 1.54) is 6.08 Å². The third-order valence-electron chi connectivity index (χ3n) is 5.53. The van der Waals surface area contributed by atoms with Gasteiger partial charge in [-0.25, -0.2) is 27.1 Å². The number of nitrogens with zero attached hydrogens (tertiary/aromatic N) is 1. The molecule has 0 spiro atoms. The summed E-state index contributed by atoms with van der Waals surface area (Å²) >= 11 is 0. The SMILES string of the molecule is C=CC[C@H](CN(C(=O)OC(C)(C)C)S(=O)(=O)CC[Si](C)(C)C)[C@H](NC(=O)OCc1ccccc1)C(=O)OC(C)(C)C. The van der Waals surface area contributed by atoms with Crippen LogP contribution in [0.25, 0.3) is 0 Å². The topological polar surface area (TPSA) is 128 Å². The number of amides is 2. The number of allylic oxidation sites excluding steroid dienone is 1. The van der Waals surface area contributed by atoms with Gasteiger partial charge < -0.3 is 19.5 Å². The fourth-order valence-corrected chi connectivity index (χ4v) is 7.91. The first-order valence-electron chi connectivity index (χ1n) is 13.7. The highest BCUT2D eigenvalue weighted by Gasteiger charge is 2.40. The van der Waals surface area contributed by atoms with Gasteiger partial charge in [0.05, 0.1) is 5.75 Å².